The highest BCUT2D eigenvalue weighted by atomic mass is 15.0. The van der Waals surface area contributed by atoms with E-state index in [1.165, 1.54) is 23.2 Å². The minimum Gasteiger partial charge on any atom is -0.380 e. The Labute approximate surface area is 99.3 Å². The van der Waals surface area contributed by atoms with Gasteiger partial charge in [-0.3, -0.25) is 0 Å². The maximum Gasteiger partial charge on any atom is 0.0378 e. The Kier molecular flexibility index (Phi) is 2.52. The van der Waals surface area contributed by atoms with E-state index in [2.05, 4.69) is 58.1 Å². The van der Waals surface area contributed by atoms with E-state index in [0.29, 0.717) is 5.41 Å². The third-order valence-corrected chi connectivity index (χ3v) is 3.88. The first-order valence-electron chi connectivity index (χ1n) is 6.26. The van der Waals surface area contributed by atoms with Gasteiger partial charge in [0.25, 0.3) is 0 Å². The summed E-state index contributed by atoms with van der Waals surface area (Å²) in [6.45, 7) is 11.4. The summed E-state index contributed by atoms with van der Waals surface area (Å²) in [6.07, 6.45) is 2.32. The SMILES string of the molecule is CCC(C)(C)c1ccc2c(c1)CC(C)(C)N2. The lowest BCUT2D eigenvalue weighted by molar-refractivity contribution is 0.505. The average Bonchev–Trinajstić information content (AvgIpc) is 2.50. The van der Waals surface area contributed by atoms with Gasteiger partial charge in [-0.05, 0) is 49.3 Å². The Morgan fingerprint density at radius 3 is 2.62 bits per heavy atom. The van der Waals surface area contributed by atoms with E-state index < -0.39 is 0 Å². The van der Waals surface area contributed by atoms with Crippen LogP contribution in [0.4, 0.5) is 5.69 Å². The van der Waals surface area contributed by atoms with E-state index in [0.717, 1.165) is 6.42 Å². The lowest BCUT2D eigenvalue weighted by atomic mass is 9.81. The van der Waals surface area contributed by atoms with Crippen LogP contribution in [-0.4, -0.2) is 5.54 Å². The normalized spacial score (nSPS) is 18.1. The predicted molar refractivity (Wildman–Crippen MR) is 71.2 cm³/mol. The summed E-state index contributed by atoms with van der Waals surface area (Å²) in [5, 5.41) is 3.57. The molecular weight excluding hydrogens is 194 g/mol. The fourth-order valence-corrected chi connectivity index (χ4v) is 2.37. The van der Waals surface area contributed by atoms with E-state index in [9.17, 15) is 0 Å². The van der Waals surface area contributed by atoms with Gasteiger partial charge in [-0.2, -0.15) is 0 Å². The van der Waals surface area contributed by atoms with Crippen molar-refractivity contribution in [2.24, 2.45) is 0 Å². The van der Waals surface area contributed by atoms with Crippen molar-refractivity contribution in [1.82, 2.24) is 0 Å². The summed E-state index contributed by atoms with van der Waals surface area (Å²) in [6, 6.07) is 6.91. The van der Waals surface area contributed by atoms with Gasteiger partial charge in [-0.15, -0.1) is 0 Å². The van der Waals surface area contributed by atoms with Crippen LogP contribution >= 0.6 is 0 Å². The van der Waals surface area contributed by atoms with Gasteiger partial charge in [0.2, 0.25) is 0 Å². The molecule has 16 heavy (non-hydrogen) atoms. The van der Waals surface area contributed by atoms with Crippen molar-refractivity contribution in [3.05, 3.63) is 29.3 Å². The van der Waals surface area contributed by atoms with Crippen LogP contribution in [0.3, 0.4) is 0 Å². The maximum atomic E-state index is 3.57. The first-order valence-corrected chi connectivity index (χ1v) is 6.26. The minimum absolute atomic E-state index is 0.220. The Bertz CT molecular complexity index is 402. The number of rotatable bonds is 2. The van der Waals surface area contributed by atoms with Crippen LogP contribution in [0.2, 0.25) is 0 Å². The molecule has 0 fully saturated rings. The van der Waals surface area contributed by atoms with Crippen LogP contribution in [-0.2, 0) is 11.8 Å². The molecule has 2 rings (SSSR count). The largest absolute Gasteiger partial charge is 0.380 e. The highest BCUT2D eigenvalue weighted by Gasteiger charge is 2.28. The number of hydrogen-bond donors (Lipinski definition) is 1. The number of fused-ring (bicyclic) bond motifs is 1. The molecular formula is C15H23N. The first kappa shape index (κ1) is 11.5. The zero-order chi connectivity index (χ0) is 12.0. The molecule has 1 nitrogen and oxygen atoms in total. The topological polar surface area (TPSA) is 12.0 Å². The van der Waals surface area contributed by atoms with Gasteiger partial charge >= 0.3 is 0 Å². The van der Waals surface area contributed by atoms with E-state index >= 15 is 0 Å². The van der Waals surface area contributed by atoms with Gasteiger partial charge in [0.05, 0.1) is 0 Å². The smallest absolute Gasteiger partial charge is 0.0378 e. The van der Waals surface area contributed by atoms with E-state index in [1.54, 1.807) is 0 Å². The van der Waals surface area contributed by atoms with Gasteiger partial charge in [0.1, 0.15) is 0 Å². The molecule has 1 aromatic carbocycles. The van der Waals surface area contributed by atoms with Crippen LogP contribution in [0.15, 0.2) is 18.2 Å². The molecule has 0 spiro atoms. The average molecular weight is 217 g/mol. The molecule has 0 saturated carbocycles. The summed E-state index contributed by atoms with van der Waals surface area (Å²) in [5.74, 6) is 0. The summed E-state index contributed by atoms with van der Waals surface area (Å²) in [5.41, 5.74) is 4.77. The molecule has 0 amide bonds. The van der Waals surface area contributed by atoms with Crippen LogP contribution in [0.1, 0.15) is 52.2 Å². The summed E-state index contributed by atoms with van der Waals surface area (Å²) >= 11 is 0. The molecule has 1 aliphatic heterocycles. The second kappa shape index (κ2) is 3.51. The fraction of sp³-hybridized carbons (Fsp3) is 0.600. The zero-order valence-electron chi connectivity index (χ0n) is 11.1. The third kappa shape index (κ3) is 1.95. The third-order valence-electron chi connectivity index (χ3n) is 3.88. The summed E-state index contributed by atoms with van der Waals surface area (Å²) in [4.78, 5) is 0. The van der Waals surface area contributed by atoms with Gasteiger partial charge < -0.3 is 5.32 Å². The van der Waals surface area contributed by atoms with Gasteiger partial charge in [0.15, 0.2) is 0 Å². The number of nitrogens with one attached hydrogen (secondary N) is 1. The standard InChI is InChI=1S/C15H23N/c1-6-14(2,3)12-7-8-13-11(9-12)10-15(4,5)16-13/h7-9,16H,6,10H2,1-5H3. The second-order valence-electron chi connectivity index (χ2n) is 6.30. The van der Waals surface area contributed by atoms with Crippen LogP contribution in [0, 0.1) is 0 Å². The van der Waals surface area contributed by atoms with Crippen molar-refractivity contribution in [3.63, 3.8) is 0 Å². The summed E-state index contributed by atoms with van der Waals surface area (Å²) < 4.78 is 0. The Balaban J connectivity index is 2.36. The monoisotopic (exact) mass is 217 g/mol. The quantitative estimate of drug-likeness (QED) is 0.785. The molecule has 0 unspecified atom stereocenters. The van der Waals surface area contributed by atoms with E-state index in [-0.39, 0.29) is 5.54 Å². The fourth-order valence-electron chi connectivity index (χ4n) is 2.37. The number of hydrogen-bond acceptors (Lipinski definition) is 1. The van der Waals surface area contributed by atoms with Gasteiger partial charge in [-0.1, -0.05) is 32.9 Å². The molecule has 1 N–H and O–H groups in total. The molecule has 0 atom stereocenters. The van der Waals surface area contributed by atoms with E-state index in [4.69, 9.17) is 0 Å². The lowest BCUT2D eigenvalue weighted by Crippen LogP contribution is -2.27. The minimum atomic E-state index is 0.220. The number of benzene rings is 1. The van der Waals surface area contributed by atoms with Crippen molar-refractivity contribution < 1.29 is 0 Å². The lowest BCUT2D eigenvalue weighted by Gasteiger charge is -2.23. The second-order valence-corrected chi connectivity index (χ2v) is 6.30. The zero-order valence-corrected chi connectivity index (χ0v) is 11.1. The maximum absolute atomic E-state index is 3.57. The van der Waals surface area contributed by atoms with Crippen molar-refractivity contribution in [2.75, 3.05) is 5.32 Å². The highest BCUT2D eigenvalue weighted by molar-refractivity contribution is 5.60. The molecule has 88 valence electrons. The van der Waals surface area contributed by atoms with Gasteiger partial charge in [-0.25, -0.2) is 0 Å². The van der Waals surface area contributed by atoms with Gasteiger partial charge in [0, 0.05) is 11.2 Å². The van der Waals surface area contributed by atoms with Crippen LogP contribution < -0.4 is 5.32 Å². The van der Waals surface area contributed by atoms with Crippen molar-refractivity contribution in [1.29, 1.82) is 0 Å². The summed E-state index contributed by atoms with van der Waals surface area (Å²) in [7, 11) is 0. The van der Waals surface area contributed by atoms with Crippen LogP contribution in [0.5, 0.6) is 0 Å². The Morgan fingerprint density at radius 2 is 2.00 bits per heavy atom. The molecule has 0 radical (unpaired) electrons. The molecule has 1 heterocycles. The molecule has 0 aromatic heterocycles. The van der Waals surface area contributed by atoms with Crippen molar-refractivity contribution in [2.45, 2.75) is 58.4 Å². The molecule has 0 bridgehead atoms. The number of anilines is 1. The molecule has 0 aliphatic carbocycles. The first-order chi connectivity index (χ1) is 7.34. The van der Waals surface area contributed by atoms with Crippen molar-refractivity contribution in [3.8, 4) is 0 Å². The van der Waals surface area contributed by atoms with Crippen molar-refractivity contribution >= 4 is 5.69 Å². The highest BCUT2D eigenvalue weighted by Crippen LogP contribution is 2.36. The Hall–Kier alpha value is -0.980. The predicted octanol–water partition coefficient (Wildman–Crippen LogP) is 4.12. The van der Waals surface area contributed by atoms with E-state index in [1.807, 2.05) is 0 Å². The van der Waals surface area contributed by atoms with Crippen LogP contribution in [0.25, 0.3) is 0 Å². The molecule has 0 saturated heterocycles. The molecule has 1 aromatic rings. The molecule has 1 heteroatoms. The molecule has 1 aliphatic rings. The Morgan fingerprint density at radius 1 is 1.31 bits per heavy atom.